The molecule has 0 spiro atoms. The first-order valence-electron chi connectivity index (χ1n) is 12.6. The minimum Gasteiger partial charge on any atom is -0.496 e. The van der Waals surface area contributed by atoms with E-state index in [1.807, 2.05) is 24.0 Å². The summed E-state index contributed by atoms with van der Waals surface area (Å²) >= 11 is 0. The summed E-state index contributed by atoms with van der Waals surface area (Å²) < 4.78 is 38.2. The van der Waals surface area contributed by atoms with Gasteiger partial charge in [0.2, 0.25) is 0 Å². The van der Waals surface area contributed by atoms with E-state index in [0.717, 1.165) is 35.1 Å². The highest BCUT2D eigenvalue weighted by molar-refractivity contribution is 5.94. The summed E-state index contributed by atoms with van der Waals surface area (Å²) in [6.07, 6.45) is 1.71. The summed E-state index contributed by atoms with van der Waals surface area (Å²) in [7, 11) is 1.61. The van der Waals surface area contributed by atoms with Crippen molar-refractivity contribution in [2.45, 2.75) is 69.2 Å². The second kappa shape index (κ2) is 9.39. The molecule has 0 radical (unpaired) electrons. The Morgan fingerprint density at radius 2 is 2.03 bits per heavy atom. The molecule has 0 bridgehead atoms. The van der Waals surface area contributed by atoms with Crippen molar-refractivity contribution in [1.29, 1.82) is 0 Å². The minimum atomic E-state index is -2.55. The highest BCUT2D eigenvalue weighted by Crippen LogP contribution is 2.44. The van der Waals surface area contributed by atoms with Crippen LogP contribution in [0.4, 0.5) is 8.78 Å². The fourth-order valence-corrected chi connectivity index (χ4v) is 5.75. The number of hydrogen-bond donors (Lipinski definition) is 2. The van der Waals surface area contributed by atoms with Crippen LogP contribution in [0, 0.1) is 0 Å². The van der Waals surface area contributed by atoms with E-state index in [2.05, 4.69) is 11.4 Å². The third-order valence-electron chi connectivity index (χ3n) is 7.96. The van der Waals surface area contributed by atoms with Crippen LogP contribution in [0.1, 0.15) is 77.7 Å². The van der Waals surface area contributed by atoms with Gasteiger partial charge in [0.15, 0.2) is 0 Å². The monoisotopic (exact) mass is 500 g/mol. The topological polar surface area (TPSA) is 71.0 Å². The van der Waals surface area contributed by atoms with E-state index in [-0.39, 0.29) is 37.6 Å². The molecule has 2 aliphatic heterocycles. The van der Waals surface area contributed by atoms with Gasteiger partial charge in [-0.05, 0) is 67.5 Å². The van der Waals surface area contributed by atoms with Gasteiger partial charge in [-0.15, -0.1) is 0 Å². The lowest BCUT2D eigenvalue weighted by Crippen LogP contribution is -2.43. The number of hydrogen-bond acceptors (Lipinski definition) is 5. The first kappa shape index (κ1) is 25.1. The normalized spacial score (nSPS) is 28.2. The molecular formula is C28H34F2N2O4. The number of carbonyl (C=O) groups is 1. The number of likely N-dealkylation sites (tertiary alicyclic amines) is 1. The van der Waals surface area contributed by atoms with Crippen LogP contribution in [0.3, 0.4) is 0 Å². The lowest BCUT2D eigenvalue weighted by molar-refractivity contribution is -0.0603. The molecule has 8 heteroatoms. The smallest absolute Gasteiger partial charge is 0.261 e. The molecular weight excluding hydrogens is 466 g/mol. The highest BCUT2D eigenvalue weighted by Gasteiger charge is 2.44. The van der Waals surface area contributed by atoms with Crippen LogP contribution in [0.5, 0.6) is 5.75 Å². The number of methoxy groups -OCH3 is 1. The first-order valence-corrected chi connectivity index (χ1v) is 12.6. The lowest BCUT2D eigenvalue weighted by atomic mass is 9.75. The SMILES string of the molecule is COc1cc(C2CC(N3CCC(F)(F)C3)C2)ccc1[C@H](C)NC(=O)c1ccc2c(c1)COC[C@@]2(C)O. The van der Waals surface area contributed by atoms with Crippen LogP contribution >= 0.6 is 0 Å². The summed E-state index contributed by atoms with van der Waals surface area (Å²) in [4.78, 5) is 14.9. The maximum Gasteiger partial charge on any atom is 0.261 e. The molecule has 2 fully saturated rings. The molecule has 2 aromatic carbocycles. The predicted octanol–water partition coefficient (Wildman–Crippen LogP) is 4.51. The number of benzene rings is 2. The van der Waals surface area contributed by atoms with Gasteiger partial charge in [-0.3, -0.25) is 9.69 Å². The summed E-state index contributed by atoms with van der Waals surface area (Å²) in [5, 5.41) is 13.6. The molecule has 2 aromatic rings. The Morgan fingerprint density at radius 3 is 2.72 bits per heavy atom. The van der Waals surface area contributed by atoms with E-state index in [4.69, 9.17) is 9.47 Å². The Hall–Kier alpha value is -2.55. The number of amides is 1. The maximum atomic E-state index is 13.6. The molecule has 0 unspecified atom stereocenters. The zero-order chi connectivity index (χ0) is 25.7. The zero-order valence-corrected chi connectivity index (χ0v) is 21.0. The van der Waals surface area contributed by atoms with E-state index < -0.39 is 11.5 Å². The van der Waals surface area contributed by atoms with Gasteiger partial charge in [0.05, 0.1) is 32.9 Å². The van der Waals surface area contributed by atoms with Gasteiger partial charge in [-0.2, -0.15) is 0 Å². The number of rotatable bonds is 6. The summed E-state index contributed by atoms with van der Waals surface area (Å²) in [5.41, 5.74) is 3.04. The fraction of sp³-hybridized carbons (Fsp3) is 0.536. The van der Waals surface area contributed by atoms with Gasteiger partial charge < -0.3 is 19.9 Å². The van der Waals surface area contributed by atoms with Gasteiger partial charge in [0, 0.05) is 30.1 Å². The van der Waals surface area contributed by atoms with Crippen molar-refractivity contribution in [1.82, 2.24) is 10.2 Å². The zero-order valence-electron chi connectivity index (χ0n) is 21.0. The molecule has 2 atom stereocenters. The van der Waals surface area contributed by atoms with Gasteiger partial charge >= 0.3 is 0 Å². The predicted molar refractivity (Wildman–Crippen MR) is 131 cm³/mol. The summed E-state index contributed by atoms with van der Waals surface area (Å²) in [6.45, 7) is 4.56. The Morgan fingerprint density at radius 1 is 1.25 bits per heavy atom. The fourth-order valence-electron chi connectivity index (χ4n) is 5.75. The van der Waals surface area contributed by atoms with Gasteiger partial charge in [-0.25, -0.2) is 8.78 Å². The molecule has 194 valence electrons. The molecule has 2 N–H and O–H groups in total. The van der Waals surface area contributed by atoms with E-state index in [1.54, 1.807) is 32.2 Å². The number of ether oxygens (including phenoxy) is 2. The minimum absolute atomic E-state index is 0.0413. The van der Waals surface area contributed by atoms with Crippen LogP contribution in [0.25, 0.3) is 0 Å². The van der Waals surface area contributed by atoms with E-state index in [1.165, 1.54) is 0 Å². The summed E-state index contributed by atoms with van der Waals surface area (Å²) in [5.74, 6) is -1.74. The number of nitrogens with one attached hydrogen (secondary N) is 1. The van der Waals surface area contributed by atoms with Crippen molar-refractivity contribution in [3.63, 3.8) is 0 Å². The molecule has 3 aliphatic rings. The number of halogens is 2. The van der Waals surface area contributed by atoms with Crippen LogP contribution in [0.15, 0.2) is 36.4 Å². The molecule has 0 aromatic heterocycles. The number of fused-ring (bicyclic) bond motifs is 1. The Kier molecular flexibility index (Phi) is 6.55. The van der Waals surface area contributed by atoms with E-state index >= 15 is 0 Å². The van der Waals surface area contributed by atoms with E-state index in [9.17, 15) is 18.7 Å². The quantitative estimate of drug-likeness (QED) is 0.611. The number of nitrogens with zero attached hydrogens (tertiary/aromatic N) is 1. The molecule has 5 rings (SSSR count). The van der Waals surface area contributed by atoms with Crippen molar-refractivity contribution < 1.29 is 28.2 Å². The molecule has 36 heavy (non-hydrogen) atoms. The Labute approximate surface area is 210 Å². The van der Waals surface area contributed by atoms with Crippen molar-refractivity contribution in [2.24, 2.45) is 0 Å². The molecule has 1 saturated carbocycles. The van der Waals surface area contributed by atoms with Crippen LogP contribution in [0.2, 0.25) is 0 Å². The molecule has 1 saturated heterocycles. The average molecular weight is 501 g/mol. The van der Waals surface area contributed by atoms with Gasteiger partial charge in [0.25, 0.3) is 11.8 Å². The van der Waals surface area contributed by atoms with Crippen LogP contribution in [-0.2, 0) is 16.9 Å². The van der Waals surface area contributed by atoms with Crippen molar-refractivity contribution in [2.75, 3.05) is 26.8 Å². The molecule has 1 amide bonds. The molecule has 2 heterocycles. The molecule has 6 nitrogen and oxygen atoms in total. The lowest BCUT2D eigenvalue weighted by Gasteiger charge is -2.41. The number of aliphatic hydroxyl groups is 1. The van der Waals surface area contributed by atoms with Crippen LogP contribution in [-0.4, -0.2) is 54.7 Å². The van der Waals surface area contributed by atoms with E-state index in [0.29, 0.717) is 30.4 Å². The van der Waals surface area contributed by atoms with Gasteiger partial charge in [-0.1, -0.05) is 18.2 Å². The Bertz CT molecular complexity index is 1150. The number of alkyl halides is 2. The second-order valence-corrected chi connectivity index (χ2v) is 10.7. The van der Waals surface area contributed by atoms with Gasteiger partial charge in [0.1, 0.15) is 11.4 Å². The molecule has 1 aliphatic carbocycles. The first-order chi connectivity index (χ1) is 17.1. The number of carbonyl (C=O) groups excluding carboxylic acids is 1. The van der Waals surface area contributed by atoms with Crippen molar-refractivity contribution in [3.05, 3.63) is 64.2 Å². The van der Waals surface area contributed by atoms with Crippen molar-refractivity contribution in [3.8, 4) is 5.75 Å². The third-order valence-corrected chi connectivity index (χ3v) is 7.96. The van der Waals surface area contributed by atoms with Crippen LogP contribution < -0.4 is 10.1 Å². The standard InChI is InChI=1S/C28H34F2N2O4/c1-17(31-26(33)19-5-7-24-21(10-19)14-36-16-27(24,2)34)23-6-4-18(13-25(23)35-3)20-11-22(12-20)32-9-8-28(29,30)15-32/h4-7,10,13,17,20,22,34H,8-9,11-12,14-16H2,1-3H3,(H,31,33)/t17-,20?,22?,27+/m0/s1. The highest BCUT2D eigenvalue weighted by atomic mass is 19.3. The largest absolute Gasteiger partial charge is 0.496 e. The summed E-state index contributed by atoms with van der Waals surface area (Å²) in [6, 6.07) is 11.3. The second-order valence-electron chi connectivity index (χ2n) is 10.7. The van der Waals surface area contributed by atoms with Crippen molar-refractivity contribution >= 4 is 5.91 Å². The average Bonchev–Trinajstić information content (AvgIpc) is 3.16. The Balaban J connectivity index is 1.23. The third kappa shape index (κ3) is 4.86. The maximum absolute atomic E-state index is 13.6.